The van der Waals surface area contributed by atoms with E-state index in [9.17, 15) is 8.42 Å². The number of hydrogen-bond acceptors (Lipinski definition) is 4. The van der Waals surface area contributed by atoms with E-state index in [0.29, 0.717) is 5.92 Å². The molecule has 2 heterocycles. The van der Waals surface area contributed by atoms with Crippen molar-refractivity contribution in [3.63, 3.8) is 0 Å². The normalized spacial score (nSPS) is 26.0. The molecule has 130 valence electrons. The molecule has 0 bridgehead atoms. The van der Waals surface area contributed by atoms with E-state index < -0.39 is 10.0 Å². The van der Waals surface area contributed by atoms with Crippen LogP contribution >= 0.6 is 0 Å². The fraction of sp³-hybridized carbons (Fsp3) is 0.812. The van der Waals surface area contributed by atoms with Gasteiger partial charge in [0.15, 0.2) is 0 Å². The Hall–Kier alpha value is -0.920. The molecule has 0 aromatic carbocycles. The maximum atomic E-state index is 11.6. The molecule has 1 saturated carbocycles. The largest absolute Gasteiger partial charge is 0.301 e. The lowest BCUT2D eigenvalue weighted by molar-refractivity contribution is 0.303. The number of nitrogens with one attached hydrogen (secondary N) is 1. The first-order valence-corrected chi connectivity index (χ1v) is 10.4. The van der Waals surface area contributed by atoms with E-state index in [1.54, 1.807) is 0 Å². The highest BCUT2D eigenvalue weighted by molar-refractivity contribution is 7.88. The second-order valence-corrected chi connectivity index (χ2v) is 9.04. The minimum Gasteiger partial charge on any atom is -0.301 e. The number of nitrogens with zero attached hydrogens (tertiary/aromatic N) is 3. The van der Waals surface area contributed by atoms with Crippen molar-refractivity contribution >= 4 is 10.0 Å². The Morgan fingerprint density at radius 2 is 2.00 bits per heavy atom. The summed E-state index contributed by atoms with van der Waals surface area (Å²) < 4.78 is 28.1. The third-order valence-electron chi connectivity index (χ3n) is 4.98. The fourth-order valence-electron chi connectivity index (χ4n) is 3.84. The topological polar surface area (TPSA) is 67.2 Å². The molecular formula is C16H28N4O2S. The van der Waals surface area contributed by atoms with Gasteiger partial charge in [0, 0.05) is 31.4 Å². The van der Waals surface area contributed by atoms with Crippen molar-refractivity contribution in [1.29, 1.82) is 0 Å². The van der Waals surface area contributed by atoms with Gasteiger partial charge in [0.2, 0.25) is 10.0 Å². The highest BCUT2D eigenvalue weighted by Crippen LogP contribution is 2.41. The summed E-state index contributed by atoms with van der Waals surface area (Å²) >= 11 is 0. The van der Waals surface area contributed by atoms with Gasteiger partial charge in [-0.2, -0.15) is 5.10 Å². The molecular weight excluding hydrogens is 312 g/mol. The van der Waals surface area contributed by atoms with E-state index in [1.807, 2.05) is 6.92 Å². The average molecular weight is 340 g/mol. The van der Waals surface area contributed by atoms with Crippen molar-refractivity contribution in [2.75, 3.05) is 25.9 Å². The molecule has 2 fully saturated rings. The third kappa shape index (κ3) is 4.55. The Labute approximate surface area is 139 Å². The molecule has 0 unspecified atom stereocenters. The SMILES string of the molecule is Cc1cc(C)n(CCCN2C[C@H](NS(C)(=O)=O)[C@@H](C3CC3)C2)n1. The van der Waals surface area contributed by atoms with Crippen LogP contribution in [0.4, 0.5) is 0 Å². The van der Waals surface area contributed by atoms with Crippen LogP contribution in [0.5, 0.6) is 0 Å². The van der Waals surface area contributed by atoms with Crippen LogP contribution in [0, 0.1) is 25.7 Å². The molecule has 2 atom stereocenters. The van der Waals surface area contributed by atoms with Crippen molar-refractivity contribution in [2.24, 2.45) is 11.8 Å². The van der Waals surface area contributed by atoms with Gasteiger partial charge in [-0.3, -0.25) is 4.68 Å². The number of likely N-dealkylation sites (tertiary alicyclic amines) is 1. The first-order valence-electron chi connectivity index (χ1n) is 8.52. The van der Waals surface area contributed by atoms with Gasteiger partial charge in [-0.25, -0.2) is 13.1 Å². The predicted octanol–water partition coefficient (Wildman–Crippen LogP) is 1.15. The van der Waals surface area contributed by atoms with E-state index in [0.717, 1.165) is 44.2 Å². The zero-order valence-corrected chi connectivity index (χ0v) is 15.1. The summed E-state index contributed by atoms with van der Waals surface area (Å²) in [5.74, 6) is 1.20. The fourth-order valence-corrected chi connectivity index (χ4v) is 4.64. The van der Waals surface area contributed by atoms with Crippen LogP contribution in [0.15, 0.2) is 6.07 Å². The van der Waals surface area contributed by atoms with Crippen LogP contribution in [0.25, 0.3) is 0 Å². The summed E-state index contributed by atoms with van der Waals surface area (Å²) in [6, 6.07) is 2.19. The summed E-state index contributed by atoms with van der Waals surface area (Å²) in [6.07, 6.45) is 4.83. The summed E-state index contributed by atoms with van der Waals surface area (Å²) in [5.41, 5.74) is 2.27. The van der Waals surface area contributed by atoms with E-state index in [4.69, 9.17) is 0 Å². The Morgan fingerprint density at radius 3 is 2.57 bits per heavy atom. The van der Waals surface area contributed by atoms with Crippen molar-refractivity contribution < 1.29 is 8.42 Å². The summed E-state index contributed by atoms with van der Waals surface area (Å²) in [6.45, 7) is 7.90. The monoisotopic (exact) mass is 340 g/mol. The molecule has 1 saturated heterocycles. The standard InChI is InChI=1S/C16H28N4O2S/c1-12-9-13(2)20(17-12)8-4-7-19-10-15(14-5-6-14)16(11-19)18-23(3,21)22/h9,14-16,18H,4-8,10-11H2,1-3H3/t15-,16+/m1/s1. The van der Waals surface area contributed by atoms with Crippen LogP contribution in [-0.4, -0.2) is 55.0 Å². The van der Waals surface area contributed by atoms with Crippen LogP contribution in [0.1, 0.15) is 30.7 Å². The zero-order chi connectivity index (χ0) is 16.6. The second kappa shape index (κ2) is 6.53. The minimum atomic E-state index is -3.13. The molecule has 6 nitrogen and oxygen atoms in total. The van der Waals surface area contributed by atoms with Gasteiger partial charge in [0.05, 0.1) is 11.9 Å². The van der Waals surface area contributed by atoms with Gasteiger partial charge in [0.25, 0.3) is 0 Å². The van der Waals surface area contributed by atoms with E-state index in [1.165, 1.54) is 24.8 Å². The van der Waals surface area contributed by atoms with Gasteiger partial charge in [-0.05, 0) is 57.6 Å². The Morgan fingerprint density at radius 1 is 1.26 bits per heavy atom. The molecule has 7 heteroatoms. The molecule has 0 amide bonds. The van der Waals surface area contributed by atoms with Crippen molar-refractivity contribution in [1.82, 2.24) is 19.4 Å². The number of hydrogen-bond donors (Lipinski definition) is 1. The number of aryl methyl sites for hydroxylation is 3. The molecule has 1 N–H and O–H groups in total. The van der Waals surface area contributed by atoms with Crippen LogP contribution in [0.2, 0.25) is 0 Å². The van der Waals surface area contributed by atoms with Gasteiger partial charge >= 0.3 is 0 Å². The molecule has 1 aromatic rings. The van der Waals surface area contributed by atoms with Crippen LogP contribution < -0.4 is 4.72 Å². The predicted molar refractivity (Wildman–Crippen MR) is 90.7 cm³/mol. The van der Waals surface area contributed by atoms with E-state index in [2.05, 4.69) is 32.4 Å². The third-order valence-corrected chi connectivity index (χ3v) is 5.71. The first kappa shape index (κ1) is 16.9. The number of rotatable bonds is 7. The lowest BCUT2D eigenvalue weighted by atomic mass is 9.99. The van der Waals surface area contributed by atoms with Crippen molar-refractivity contribution in [3.05, 3.63) is 17.5 Å². The second-order valence-electron chi connectivity index (χ2n) is 7.26. The van der Waals surface area contributed by atoms with Gasteiger partial charge in [-0.1, -0.05) is 0 Å². The number of aromatic nitrogens is 2. The van der Waals surface area contributed by atoms with E-state index in [-0.39, 0.29) is 6.04 Å². The molecule has 3 rings (SSSR count). The van der Waals surface area contributed by atoms with Crippen LogP contribution in [0.3, 0.4) is 0 Å². The highest BCUT2D eigenvalue weighted by atomic mass is 32.2. The van der Waals surface area contributed by atoms with Crippen LogP contribution in [-0.2, 0) is 16.6 Å². The molecule has 1 aromatic heterocycles. The molecule has 0 spiro atoms. The van der Waals surface area contributed by atoms with Gasteiger partial charge < -0.3 is 4.90 Å². The van der Waals surface area contributed by atoms with E-state index >= 15 is 0 Å². The highest BCUT2D eigenvalue weighted by Gasteiger charge is 2.43. The smallest absolute Gasteiger partial charge is 0.209 e. The first-order chi connectivity index (χ1) is 10.8. The number of sulfonamides is 1. The average Bonchev–Trinajstić information content (AvgIpc) is 3.12. The van der Waals surface area contributed by atoms with Crippen molar-refractivity contribution in [2.45, 2.75) is 45.7 Å². The summed E-state index contributed by atoms with van der Waals surface area (Å²) in [7, 11) is -3.13. The Bertz CT molecular complexity index is 651. The van der Waals surface area contributed by atoms with Gasteiger partial charge in [0.1, 0.15) is 0 Å². The molecule has 1 aliphatic heterocycles. The molecule has 1 aliphatic carbocycles. The summed E-state index contributed by atoms with van der Waals surface area (Å²) in [4.78, 5) is 2.41. The maximum absolute atomic E-state index is 11.6. The molecule has 0 radical (unpaired) electrons. The Balaban J connectivity index is 1.51. The summed E-state index contributed by atoms with van der Waals surface area (Å²) in [5, 5.41) is 4.50. The maximum Gasteiger partial charge on any atom is 0.209 e. The lowest BCUT2D eigenvalue weighted by Crippen LogP contribution is -2.40. The lowest BCUT2D eigenvalue weighted by Gasteiger charge is -2.17. The zero-order valence-electron chi connectivity index (χ0n) is 14.3. The Kier molecular flexibility index (Phi) is 4.80. The van der Waals surface area contributed by atoms with Crippen molar-refractivity contribution in [3.8, 4) is 0 Å². The molecule has 2 aliphatic rings. The van der Waals surface area contributed by atoms with Gasteiger partial charge in [-0.15, -0.1) is 0 Å². The minimum absolute atomic E-state index is 0.0891. The quantitative estimate of drug-likeness (QED) is 0.808. The molecule has 23 heavy (non-hydrogen) atoms.